The summed E-state index contributed by atoms with van der Waals surface area (Å²) in [5.41, 5.74) is 1.78. The SMILES string of the molecule is CCOCCCn1c(=N)c(C(=O)NCCN2CCOCC2)cc2c(=O)n3cc(C)ccc3nc21. The van der Waals surface area contributed by atoms with E-state index in [2.05, 4.69) is 15.2 Å². The molecule has 0 spiro atoms. The van der Waals surface area contributed by atoms with Gasteiger partial charge in [0.2, 0.25) is 0 Å². The van der Waals surface area contributed by atoms with Gasteiger partial charge in [0.15, 0.2) is 0 Å². The zero-order valence-electron chi connectivity index (χ0n) is 19.8. The van der Waals surface area contributed by atoms with E-state index in [1.54, 1.807) is 16.8 Å². The molecule has 0 atom stereocenters. The Bertz CT molecular complexity index is 1290. The normalized spacial score (nSPS) is 14.6. The Labute approximate surface area is 197 Å². The van der Waals surface area contributed by atoms with Gasteiger partial charge >= 0.3 is 0 Å². The van der Waals surface area contributed by atoms with Crippen LogP contribution < -0.4 is 16.4 Å². The first-order valence-corrected chi connectivity index (χ1v) is 11.8. The Hall–Kier alpha value is -3.08. The summed E-state index contributed by atoms with van der Waals surface area (Å²) in [6.07, 6.45) is 2.37. The van der Waals surface area contributed by atoms with Crippen LogP contribution in [0, 0.1) is 12.3 Å². The third-order valence-corrected chi connectivity index (χ3v) is 5.99. The van der Waals surface area contributed by atoms with Gasteiger partial charge in [0.25, 0.3) is 11.5 Å². The molecule has 4 rings (SSSR count). The van der Waals surface area contributed by atoms with Gasteiger partial charge < -0.3 is 19.4 Å². The summed E-state index contributed by atoms with van der Waals surface area (Å²) in [6.45, 7) is 9.60. The second-order valence-electron chi connectivity index (χ2n) is 8.41. The van der Waals surface area contributed by atoms with Crippen LogP contribution in [0.2, 0.25) is 0 Å². The van der Waals surface area contributed by atoms with Gasteiger partial charge in [-0.25, -0.2) is 4.98 Å². The Morgan fingerprint density at radius 1 is 1.26 bits per heavy atom. The zero-order valence-corrected chi connectivity index (χ0v) is 19.8. The van der Waals surface area contributed by atoms with Gasteiger partial charge in [-0.2, -0.15) is 0 Å². The third-order valence-electron chi connectivity index (χ3n) is 5.99. The van der Waals surface area contributed by atoms with E-state index in [1.807, 2.05) is 19.9 Å². The van der Waals surface area contributed by atoms with Crippen molar-refractivity contribution in [1.82, 2.24) is 24.2 Å². The monoisotopic (exact) mass is 468 g/mol. The summed E-state index contributed by atoms with van der Waals surface area (Å²) >= 11 is 0. The van der Waals surface area contributed by atoms with Crippen LogP contribution in [-0.2, 0) is 16.0 Å². The predicted octanol–water partition coefficient (Wildman–Crippen LogP) is 0.926. The molecule has 0 unspecified atom stereocenters. The number of carbonyl (C=O) groups excluding carboxylic acids is 1. The summed E-state index contributed by atoms with van der Waals surface area (Å²) in [5, 5.41) is 12.0. The van der Waals surface area contributed by atoms with Gasteiger partial charge in [0.1, 0.15) is 16.8 Å². The lowest BCUT2D eigenvalue weighted by Gasteiger charge is -2.26. The molecular weight excluding hydrogens is 436 g/mol. The lowest BCUT2D eigenvalue weighted by molar-refractivity contribution is 0.0383. The highest BCUT2D eigenvalue weighted by Gasteiger charge is 2.18. The maximum Gasteiger partial charge on any atom is 0.267 e. The largest absolute Gasteiger partial charge is 0.382 e. The van der Waals surface area contributed by atoms with E-state index in [4.69, 9.17) is 14.9 Å². The van der Waals surface area contributed by atoms with E-state index in [0.717, 1.165) is 18.7 Å². The molecule has 1 aliphatic rings. The summed E-state index contributed by atoms with van der Waals surface area (Å²) in [7, 11) is 0. The van der Waals surface area contributed by atoms with Crippen molar-refractivity contribution in [2.75, 3.05) is 52.6 Å². The highest BCUT2D eigenvalue weighted by atomic mass is 16.5. The fourth-order valence-corrected chi connectivity index (χ4v) is 4.15. The number of rotatable bonds is 9. The number of ether oxygens (including phenoxy) is 2. The van der Waals surface area contributed by atoms with E-state index in [0.29, 0.717) is 69.2 Å². The van der Waals surface area contributed by atoms with Crippen LogP contribution >= 0.6 is 0 Å². The molecule has 34 heavy (non-hydrogen) atoms. The van der Waals surface area contributed by atoms with Gasteiger partial charge in [0, 0.05) is 52.1 Å². The van der Waals surface area contributed by atoms with E-state index >= 15 is 0 Å². The van der Waals surface area contributed by atoms with E-state index in [9.17, 15) is 9.59 Å². The number of nitrogens with one attached hydrogen (secondary N) is 2. The standard InChI is InChI=1S/C24H32N6O4/c1-3-33-12-4-8-29-21(25)18(23(31)26-7-9-28-10-13-34-14-11-28)15-19-22(29)27-20-6-5-17(2)16-30(20)24(19)32/h5-6,15-16,25H,3-4,7-14H2,1-2H3,(H,26,31). The highest BCUT2D eigenvalue weighted by molar-refractivity contribution is 5.96. The molecule has 0 aliphatic carbocycles. The van der Waals surface area contributed by atoms with Crippen molar-refractivity contribution in [3.8, 4) is 0 Å². The number of hydrogen-bond acceptors (Lipinski definition) is 7. The van der Waals surface area contributed by atoms with Gasteiger partial charge in [-0.15, -0.1) is 0 Å². The first-order chi connectivity index (χ1) is 16.5. The maximum absolute atomic E-state index is 13.3. The minimum atomic E-state index is -0.368. The van der Waals surface area contributed by atoms with E-state index in [1.165, 1.54) is 10.5 Å². The van der Waals surface area contributed by atoms with Crippen molar-refractivity contribution in [3.05, 3.63) is 51.4 Å². The molecule has 0 aromatic carbocycles. The first kappa shape index (κ1) is 24.1. The summed E-state index contributed by atoms with van der Waals surface area (Å²) in [4.78, 5) is 33.3. The molecule has 4 heterocycles. The summed E-state index contributed by atoms with van der Waals surface area (Å²) in [6, 6.07) is 5.19. The van der Waals surface area contributed by atoms with Gasteiger partial charge in [0.05, 0.1) is 24.2 Å². The van der Waals surface area contributed by atoms with Crippen LogP contribution in [-0.4, -0.2) is 77.4 Å². The number of morpholine rings is 1. The fraction of sp³-hybridized carbons (Fsp3) is 0.500. The van der Waals surface area contributed by atoms with E-state index in [-0.39, 0.29) is 22.5 Å². The quantitative estimate of drug-likeness (QED) is 0.357. The van der Waals surface area contributed by atoms with Crippen molar-refractivity contribution in [2.24, 2.45) is 0 Å². The van der Waals surface area contributed by atoms with Crippen LogP contribution in [0.15, 0.2) is 29.2 Å². The van der Waals surface area contributed by atoms with Crippen LogP contribution in [0.25, 0.3) is 16.7 Å². The number of aromatic nitrogens is 3. The maximum atomic E-state index is 13.3. The number of aryl methyl sites for hydroxylation is 2. The van der Waals surface area contributed by atoms with Gasteiger partial charge in [-0.05, 0) is 38.0 Å². The summed E-state index contributed by atoms with van der Waals surface area (Å²) < 4.78 is 13.9. The Kier molecular flexibility index (Phi) is 7.71. The van der Waals surface area contributed by atoms with Crippen molar-refractivity contribution in [1.29, 1.82) is 5.41 Å². The molecule has 1 aliphatic heterocycles. The molecule has 1 saturated heterocycles. The lowest BCUT2D eigenvalue weighted by Crippen LogP contribution is -2.42. The number of amides is 1. The smallest absolute Gasteiger partial charge is 0.267 e. The molecule has 3 aromatic heterocycles. The van der Waals surface area contributed by atoms with Gasteiger partial charge in [-0.3, -0.25) is 24.3 Å². The Morgan fingerprint density at radius 3 is 2.82 bits per heavy atom. The number of fused-ring (bicyclic) bond motifs is 2. The first-order valence-electron chi connectivity index (χ1n) is 11.8. The van der Waals surface area contributed by atoms with Crippen LogP contribution in [0.4, 0.5) is 0 Å². The fourth-order valence-electron chi connectivity index (χ4n) is 4.15. The Morgan fingerprint density at radius 2 is 2.06 bits per heavy atom. The molecule has 0 saturated carbocycles. The lowest BCUT2D eigenvalue weighted by atomic mass is 10.2. The van der Waals surface area contributed by atoms with Crippen LogP contribution in [0.3, 0.4) is 0 Å². The van der Waals surface area contributed by atoms with Crippen molar-refractivity contribution >= 4 is 22.6 Å². The molecule has 1 fully saturated rings. The Balaban J connectivity index is 1.70. The molecule has 10 nitrogen and oxygen atoms in total. The van der Waals surface area contributed by atoms with Crippen molar-refractivity contribution in [3.63, 3.8) is 0 Å². The average Bonchev–Trinajstić information content (AvgIpc) is 2.84. The van der Waals surface area contributed by atoms with Crippen molar-refractivity contribution < 1.29 is 14.3 Å². The molecule has 3 aromatic rings. The summed E-state index contributed by atoms with van der Waals surface area (Å²) in [5.74, 6) is -0.368. The molecule has 1 amide bonds. The van der Waals surface area contributed by atoms with Crippen LogP contribution in [0.1, 0.15) is 29.3 Å². The third kappa shape index (κ3) is 5.19. The highest BCUT2D eigenvalue weighted by Crippen LogP contribution is 2.12. The topological polar surface area (TPSA) is 114 Å². The molecule has 10 heteroatoms. The molecule has 182 valence electrons. The molecular formula is C24H32N6O4. The number of nitrogens with zero attached hydrogens (tertiary/aromatic N) is 4. The zero-order chi connectivity index (χ0) is 24.1. The van der Waals surface area contributed by atoms with E-state index < -0.39 is 0 Å². The van der Waals surface area contributed by atoms with Crippen molar-refractivity contribution in [2.45, 2.75) is 26.8 Å². The number of hydrogen-bond donors (Lipinski definition) is 2. The predicted molar refractivity (Wildman–Crippen MR) is 128 cm³/mol. The molecule has 2 N–H and O–H groups in total. The molecule has 0 bridgehead atoms. The minimum Gasteiger partial charge on any atom is -0.382 e. The second-order valence-corrected chi connectivity index (χ2v) is 8.41. The second kappa shape index (κ2) is 10.9. The van der Waals surface area contributed by atoms with Gasteiger partial charge in [-0.1, -0.05) is 6.07 Å². The average molecular weight is 469 g/mol. The molecule has 0 radical (unpaired) electrons. The van der Waals surface area contributed by atoms with Crippen LogP contribution in [0.5, 0.6) is 0 Å². The number of carbonyl (C=O) groups is 1. The minimum absolute atomic E-state index is 0.0382. The number of pyridine rings is 2.